The highest BCUT2D eigenvalue weighted by Crippen LogP contribution is 2.31. The average molecular weight is 349 g/mol. The van der Waals surface area contributed by atoms with E-state index < -0.39 is 0 Å². The first kappa shape index (κ1) is 16.4. The van der Waals surface area contributed by atoms with Gasteiger partial charge in [-0.2, -0.15) is 0 Å². The molecule has 0 unspecified atom stereocenters. The van der Waals surface area contributed by atoms with Gasteiger partial charge in [-0.15, -0.1) is 0 Å². The molecule has 0 aliphatic carbocycles. The highest BCUT2D eigenvalue weighted by atomic mass is 35.5. The lowest BCUT2D eigenvalue weighted by Crippen LogP contribution is -2.29. The van der Waals surface area contributed by atoms with Gasteiger partial charge in [-0.05, 0) is 19.1 Å². The second-order valence-electron chi connectivity index (χ2n) is 5.37. The van der Waals surface area contributed by atoms with E-state index in [9.17, 15) is 4.79 Å². The fraction of sp³-hybridized carbons (Fsp3) is 0.250. The quantitative estimate of drug-likeness (QED) is 0.633. The summed E-state index contributed by atoms with van der Waals surface area (Å²) in [5.41, 5.74) is 7.77. The fourth-order valence-corrected chi connectivity index (χ4v) is 2.52. The monoisotopic (exact) mass is 348 g/mol. The van der Waals surface area contributed by atoms with Crippen molar-refractivity contribution < 1.29 is 14.1 Å². The Morgan fingerprint density at radius 2 is 2.25 bits per heavy atom. The van der Waals surface area contributed by atoms with Gasteiger partial charge < -0.3 is 25.3 Å². The second-order valence-corrected chi connectivity index (χ2v) is 5.78. The highest BCUT2D eigenvalue weighted by molar-refractivity contribution is 6.32. The van der Waals surface area contributed by atoms with E-state index >= 15 is 0 Å². The van der Waals surface area contributed by atoms with Crippen molar-refractivity contribution in [2.75, 3.05) is 6.54 Å². The average Bonchev–Trinajstić information content (AvgIpc) is 3.15. The van der Waals surface area contributed by atoms with E-state index in [1.165, 1.54) is 0 Å². The van der Waals surface area contributed by atoms with E-state index in [4.69, 9.17) is 26.6 Å². The van der Waals surface area contributed by atoms with E-state index in [-0.39, 0.29) is 19.1 Å². The van der Waals surface area contributed by atoms with Gasteiger partial charge in [-0.3, -0.25) is 4.79 Å². The number of benzene rings is 1. The van der Waals surface area contributed by atoms with Crippen LogP contribution in [0, 0.1) is 6.92 Å². The van der Waals surface area contributed by atoms with E-state index in [0.717, 1.165) is 22.3 Å². The van der Waals surface area contributed by atoms with E-state index in [1.807, 2.05) is 25.1 Å². The first-order chi connectivity index (χ1) is 11.5. The molecule has 0 aliphatic heterocycles. The number of hydrogen-bond donors (Lipinski definition) is 3. The van der Waals surface area contributed by atoms with Crippen LogP contribution in [-0.2, 0) is 17.9 Å². The van der Waals surface area contributed by atoms with Crippen molar-refractivity contribution in [3.63, 3.8) is 0 Å². The number of aromatic amines is 1. The number of rotatable bonds is 6. The van der Waals surface area contributed by atoms with Crippen LogP contribution in [0.25, 0.3) is 10.9 Å². The van der Waals surface area contributed by atoms with Crippen molar-refractivity contribution in [1.29, 1.82) is 0 Å². The molecule has 0 atom stereocenters. The van der Waals surface area contributed by atoms with E-state index in [0.29, 0.717) is 23.1 Å². The summed E-state index contributed by atoms with van der Waals surface area (Å²) in [5.74, 6) is 0.955. The number of nitrogens with one attached hydrogen (secondary N) is 2. The minimum absolute atomic E-state index is 0.0366. The van der Waals surface area contributed by atoms with Gasteiger partial charge in [0, 0.05) is 28.7 Å². The highest BCUT2D eigenvalue weighted by Gasteiger charge is 2.10. The molecule has 0 saturated heterocycles. The van der Waals surface area contributed by atoms with Crippen molar-refractivity contribution in [2.24, 2.45) is 5.73 Å². The van der Waals surface area contributed by atoms with Gasteiger partial charge in [-0.25, -0.2) is 0 Å². The summed E-state index contributed by atoms with van der Waals surface area (Å²) in [6.07, 6.45) is 0. The standard InChI is InChI=1S/C16H17ClN4O3/c1-9-2-12(24-21-9)8-23-15-5-14-10(4-13(15)17)3-11(20-14)7-19-16(22)6-18/h2-5,20H,6-8,18H2,1H3,(H,19,22). The molecule has 4 N–H and O–H groups in total. The molecule has 2 heterocycles. The van der Waals surface area contributed by atoms with Gasteiger partial charge in [0.05, 0.1) is 23.8 Å². The maximum atomic E-state index is 11.2. The van der Waals surface area contributed by atoms with Crippen LogP contribution in [-0.4, -0.2) is 22.6 Å². The Balaban J connectivity index is 1.74. The molecule has 0 aliphatic rings. The number of amides is 1. The van der Waals surface area contributed by atoms with Gasteiger partial charge in [0.1, 0.15) is 12.4 Å². The van der Waals surface area contributed by atoms with Gasteiger partial charge >= 0.3 is 0 Å². The Kier molecular flexibility index (Phi) is 4.73. The summed E-state index contributed by atoms with van der Waals surface area (Å²) in [4.78, 5) is 14.4. The molecule has 8 heteroatoms. The molecule has 0 spiro atoms. The third kappa shape index (κ3) is 3.69. The molecule has 2 aromatic heterocycles. The van der Waals surface area contributed by atoms with Crippen LogP contribution in [0.4, 0.5) is 0 Å². The predicted octanol–water partition coefficient (Wildman–Crippen LogP) is 2.27. The van der Waals surface area contributed by atoms with Gasteiger partial charge in [0.25, 0.3) is 0 Å². The molecule has 1 amide bonds. The molecule has 126 valence electrons. The second kappa shape index (κ2) is 6.94. The zero-order valence-corrected chi connectivity index (χ0v) is 13.8. The molecular formula is C16H17ClN4O3. The lowest BCUT2D eigenvalue weighted by molar-refractivity contribution is -0.119. The Labute approximate surface area is 143 Å². The normalized spacial score (nSPS) is 11.0. The number of nitrogens with zero attached hydrogens (tertiary/aromatic N) is 1. The van der Waals surface area contributed by atoms with Crippen LogP contribution >= 0.6 is 11.6 Å². The van der Waals surface area contributed by atoms with Crippen LogP contribution in [0.2, 0.25) is 5.02 Å². The summed E-state index contributed by atoms with van der Waals surface area (Å²) in [6.45, 7) is 2.42. The topological polar surface area (TPSA) is 106 Å². The zero-order chi connectivity index (χ0) is 17.1. The molecular weight excluding hydrogens is 332 g/mol. The van der Waals surface area contributed by atoms with E-state index in [2.05, 4.69) is 15.5 Å². The summed E-state index contributed by atoms with van der Waals surface area (Å²) >= 11 is 6.26. The van der Waals surface area contributed by atoms with Crippen molar-refractivity contribution in [3.8, 4) is 5.75 Å². The van der Waals surface area contributed by atoms with Crippen molar-refractivity contribution in [3.05, 3.63) is 46.4 Å². The minimum Gasteiger partial charge on any atom is -0.484 e. The smallest absolute Gasteiger partial charge is 0.234 e. The molecule has 0 saturated carbocycles. The molecule has 7 nitrogen and oxygen atoms in total. The number of aryl methyl sites for hydroxylation is 1. The molecule has 24 heavy (non-hydrogen) atoms. The van der Waals surface area contributed by atoms with Crippen LogP contribution in [0.15, 0.2) is 28.8 Å². The maximum Gasteiger partial charge on any atom is 0.234 e. The van der Waals surface area contributed by atoms with Gasteiger partial charge in [-0.1, -0.05) is 16.8 Å². The molecule has 0 bridgehead atoms. The Hall–Kier alpha value is -2.51. The number of halogens is 1. The van der Waals surface area contributed by atoms with Crippen LogP contribution in [0.1, 0.15) is 17.1 Å². The summed E-state index contributed by atoms with van der Waals surface area (Å²) < 4.78 is 10.8. The Morgan fingerprint density at radius 1 is 1.42 bits per heavy atom. The van der Waals surface area contributed by atoms with E-state index in [1.54, 1.807) is 6.07 Å². The van der Waals surface area contributed by atoms with Gasteiger partial charge in [0.15, 0.2) is 5.76 Å². The fourth-order valence-electron chi connectivity index (χ4n) is 2.30. The third-order valence-corrected chi connectivity index (χ3v) is 3.73. The number of ether oxygens (including phenoxy) is 1. The SMILES string of the molecule is Cc1cc(COc2cc3[nH]c(CNC(=O)CN)cc3cc2Cl)on1. The molecule has 0 fully saturated rings. The van der Waals surface area contributed by atoms with Gasteiger partial charge in [0.2, 0.25) is 5.91 Å². The molecule has 0 radical (unpaired) electrons. The Morgan fingerprint density at radius 3 is 2.96 bits per heavy atom. The van der Waals surface area contributed by atoms with Crippen molar-refractivity contribution >= 4 is 28.4 Å². The minimum atomic E-state index is -0.210. The van der Waals surface area contributed by atoms with Crippen LogP contribution < -0.4 is 15.8 Å². The summed E-state index contributed by atoms with van der Waals surface area (Å²) in [5, 5.41) is 7.94. The van der Waals surface area contributed by atoms with Crippen molar-refractivity contribution in [1.82, 2.24) is 15.5 Å². The Bertz CT molecular complexity index is 871. The number of carbonyl (C=O) groups is 1. The number of hydrogen-bond acceptors (Lipinski definition) is 5. The largest absolute Gasteiger partial charge is 0.484 e. The molecule has 3 aromatic rings. The first-order valence-electron chi connectivity index (χ1n) is 7.38. The zero-order valence-electron chi connectivity index (χ0n) is 13.1. The summed E-state index contributed by atoms with van der Waals surface area (Å²) in [7, 11) is 0. The van der Waals surface area contributed by atoms with Crippen LogP contribution in [0.5, 0.6) is 5.75 Å². The molecule has 1 aromatic carbocycles. The number of H-pyrrole nitrogens is 1. The van der Waals surface area contributed by atoms with Crippen LogP contribution in [0.3, 0.4) is 0 Å². The third-order valence-electron chi connectivity index (χ3n) is 3.44. The maximum absolute atomic E-state index is 11.2. The lowest BCUT2D eigenvalue weighted by Gasteiger charge is -2.06. The first-order valence-corrected chi connectivity index (χ1v) is 7.76. The van der Waals surface area contributed by atoms with Crippen molar-refractivity contribution in [2.45, 2.75) is 20.1 Å². The molecule has 3 rings (SSSR count). The number of carbonyl (C=O) groups excluding carboxylic acids is 1. The number of nitrogens with two attached hydrogens (primary N) is 1. The number of fused-ring (bicyclic) bond motifs is 1. The lowest BCUT2D eigenvalue weighted by atomic mass is 10.2. The summed E-state index contributed by atoms with van der Waals surface area (Å²) in [6, 6.07) is 7.35. The number of aromatic nitrogens is 2. The predicted molar refractivity (Wildman–Crippen MR) is 89.8 cm³/mol.